The summed E-state index contributed by atoms with van der Waals surface area (Å²) in [5, 5.41) is 0. The molecule has 0 amide bonds. The van der Waals surface area contributed by atoms with Gasteiger partial charge in [-0.15, -0.1) is 0 Å². The molecule has 0 radical (unpaired) electrons. The molecule has 3 aromatic rings. The molecule has 0 aliphatic carbocycles. The zero-order chi connectivity index (χ0) is 24.1. The van der Waals surface area contributed by atoms with Crippen molar-refractivity contribution < 1.29 is 4.74 Å². The Morgan fingerprint density at radius 1 is 1.06 bits per heavy atom. The minimum atomic E-state index is -0.186. The minimum absolute atomic E-state index is 0.186. The van der Waals surface area contributed by atoms with Gasteiger partial charge in [-0.3, -0.25) is 9.47 Å². The first-order valence-corrected chi connectivity index (χ1v) is 11.8. The number of aliphatic imine (C=N–C) groups is 2. The highest BCUT2D eigenvalue weighted by atomic mass is 16.5. The number of aryl methyl sites for hydroxylation is 1. The van der Waals surface area contributed by atoms with Crippen LogP contribution < -0.4 is 5.69 Å². The number of aromatic amines is 1. The first kappa shape index (κ1) is 23.9. The average Bonchev–Trinajstić information content (AvgIpc) is 3.11. The lowest BCUT2D eigenvalue weighted by atomic mass is 9.96. The van der Waals surface area contributed by atoms with E-state index in [2.05, 4.69) is 65.8 Å². The second-order valence-corrected chi connectivity index (χ2v) is 9.01. The maximum atomic E-state index is 12.7. The van der Waals surface area contributed by atoms with Gasteiger partial charge in [-0.25, -0.2) is 14.8 Å². The van der Waals surface area contributed by atoms with E-state index in [0.29, 0.717) is 29.8 Å². The van der Waals surface area contributed by atoms with Gasteiger partial charge in [0.15, 0.2) is 11.7 Å². The fourth-order valence-electron chi connectivity index (χ4n) is 4.31. The van der Waals surface area contributed by atoms with Crippen molar-refractivity contribution >= 4 is 18.4 Å². The lowest BCUT2D eigenvalue weighted by Crippen LogP contribution is -2.35. The molecule has 1 saturated heterocycles. The van der Waals surface area contributed by atoms with Crippen molar-refractivity contribution in [3.8, 4) is 0 Å². The summed E-state index contributed by atoms with van der Waals surface area (Å²) in [6.45, 7) is 14.7. The van der Waals surface area contributed by atoms with E-state index >= 15 is 0 Å². The van der Waals surface area contributed by atoms with Crippen LogP contribution in [0.15, 0.2) is 63.3 Å². The van der Waals surface area contributed by atoms with E-state index in [4.69, 9.17) is 9.73 Å². The molecule has 2 aromatic carbocycles. The lowest BCUT2D eigenvalue weighted by Gasteiger charge is -2.26. The molecule has 0 bridgehead atoms. The topological polar surface area (TPSA) is 75.0 Å². The summed E-state index contributed by atoms with van der Waals surface area (Å²) in [4.78, 5) is 27.1. The third-order valence-corrected chi connectivity index (χ3v) is 6.19. The predicted molar refractivity (Wildman–Crippen MR) is 138 cm³/mol. The fraction of sp³-hybridized carbons (Fsp3) is 0.370. The number of benzene rings is 2. The van der Waals surface area contributed by atoms with Crippen LogP contribution in [0.5, 0.6) is 0 Å². The molecule has 0 unspecified atom stereocenters. The van der Waals surface area contributed by atoms with Crippen LogP contribution in [0.25, 0.3) is 0 Å². The summed E-state index contributed by atoms with van der Waals surface area (Å²) in [7, 11) is 0. The zero-order valence-corrected chi connectivity index (χ0v) is 20.3. The van der Waals surface area contributed by atoms with Gasteiger partial charge in [0.05, 0.1) is 25.5 Å². The van der Waals surface area contributed by atoms with Gasteiger partial charge in [0.25, 0.3) is 0 Å². The van der Waals surface area contributed by atoms with E-state index in [1.54, 1.807) is 4.57 Å². The van der Waals surface area contributed by atoms with Gasteiger partial charge in [-0.05, 0) is 36.2 Å². The molecule has 0 saturated carbocycles. The van der Waals surface area contributed by atoms with Crippen LogP contribution >= 0.6 is 0 Å². The van der Waals surface area contributed by atoms with Crippen molar-refractivity contribution in [3.05, 3.63) is 87.0 Å². The zero-order valence-electron chi connectivity index (χ0n) is 20.3. The number of amidine groups is 1. The van der Waals surface area contributed by atoms with Crippen LogP contribution in [0.4, 0.5) is 5.82 Å². The monoisotopic (exact) mass is 459 g/mol. The number of hydrogen-bond donors (Lipinski definition) is 1. The number of nitrogens with zero attached hydrogens (tertiary/aromatic N) is 4. The first-order chi connectivity index (χ1) is 16.5. The normalized spacial score (nSPS) is 15.1. The number of imidazole rings is 1. The fourth-order valence-corrected chi connectivity index (χ4v) is 4.31. The Morgan fingerprint density at radius 3 is 2.35 bits per heavy atom. The molecule has 4 rings (SSSR count). The minimum Gasteiger partial charge on any atom is -0.379 e. The van der Waals surface area contributed by atoms with Crippen molar-refractivity contribution in [2.45, 2.75) is 39.8 Å². The SMILES string of the molecule is C=NC(=Nc1c(C)[nH]c(=O)n1Cc1ccc(CN2CCOCC2)cc1)c1ccccc1C(C)C. The van der Waals surface area contributed by atoms with E-state index < -0.39 is 0 Å². The largest absolute Gasteiger partial charge is 0.379 e. The Kier molecular flexibility index (Phi) is 7.55. The summed E-state index contributed by atoms with van der Waals surface area (Å²) in [6.07, 6.45) is 0. The van der Waals surface area contributed by atoms with Gasteiger partial charge in [0.1, 0.15) is 0 Å². The number of nitrogens with one attached hydrogen (secondary N) is 1. The quantitative estimate of drug-likeness (QED) is 0.424. The van der Waals surface area contributed by atoms with Gasteiger partial charge in [-0.2, -0.15) is 0 Å². The molecule has 1 aliphatic rings. The maximum absolute atomic E-state index is 12.7. The second-order valence-electron chi connectivity index (χ2n) is 9.01. The van der Waals surface area contributed by atoms with Crippen LogP contribution in [-0.4, -0.2) is 53.3 Å². The van der Waals surface area contributed by atoms with Crippen LogP contribution in [0, 0.1) is 6.92 Å². The van der Waals surface area contributed by atoms with Crippen LogP contribution in [-0.2, 0) is 17.8 Å². The molecule has 1 aliphatic heterocycles. The molecule has 0 spiro atoms. The molecule has 34 heavy (non-hydrogen) atoms. The second kappa shape index (κ2) is 10.8. The van der Waals surface area contributed by atoms with Gasteiger partial charge in [0.2, 0.25) is 0 Å². The molecule has 0 atom stereocenters. The van der Waals surface area contributed by atoms with Gasteiger partial charge in [-0.1, -0.05) is 62.4 Å². The molecule has 1 N–H and O–H groups in total. The van der Waals surface area contributed by atoms with Gasteiger partial charge in [0, 0.05) is 25.2 Å². The van der Waals surface area contributed by atoms with Crippen molar-refractivity contribution in [3.63, 3.8) is 0 Å². The summed E-state index contributed by atoms with van der Waals surface area (Å²) < 4.78 is 7.09. The van der Waals surface area contributed by atoms with E-state index in [0.717, 1.165) is 49.5 Å². The number of rotatable bonds is 7. The summed E-state index contributed by atoms with van der Waals surface area (Å²) >= 11 is 0. The average molecular weight is 460 g/mol. The summed E-state index contributed by atoms with van der Waals surface area (Å²) in [5.41, 5.74) is 4.89. The number of morpholine rings is 1. The Morgan fingerprint density at radius 2 is 1.71 bits per heavy atom. The number of H-pyrrole nitrogens is 1. The Balaban J connectivity index is 1.60. The molecular weight excluding hydrogens is 426 g/mol. The van der Waals surface area contributed by atoms with Crippen LogP contribution in [0.3, 0.4) is 0 Å². The third kappa shape index (κ3) is 5.43. The summed E-state index contributed by atoms with van der Waals surface area (Å²) in [5.74, 6) is 1.40. The molecule has 1 aromatic heterocycles. The standard InChI is InChI=1S/C27H33N5O2/c1-19(2)23-7-5-6-8-24(23)25(28-4)30-26-20(3)29-27(33)32(26)18-22-11-9-21(10-12-22)17-31-13-15-34-16-14-31/h5-12,19H,4,13-18H2,1-3H3,(H,29,33). The lowest BCUT2D eigenvalue weighted by molar-refractivity contribution is 0.0342. The van der Waals surface area contributed by atoms with E-state index in [1.165, 1.54) is 5.56 Å². The number of aromatic nitrogens is 2. The molecule has 2 heterocycles. The third-order valence-electron chi connectivity index (χ3n) is 6.19. The maximum Gasteiger partial charge on any atom is 0.327 e. The predicted octanol–water partition coefficient (Wildman–Crippen LogP) is 4.27. The highest BCUT2D eigenvalue weighted by molar-refractivity contribution is 6.04. The summed E-state index contributed by atoms with van der Waals surface area (Å²) in [6, 6.07) is 16.5. The molecular formula is C27H33N5O2. The molecule has 1 fully saturated rings. The van der Waals surface area contributed by atoms with Crippen molar-refractivity contribution in [1.29, 1.82) is 0 Å². The van der Waals surface area contributed by atoms with Gasteiger partial charge < -0.3 is 9.72 Å². The highest BCUT2D eigenvalue weighted by Crippen LogP contribution is 2.24. The first-order valence-electron chi connectivity index (χ1n) is 11.8. The molecule has 7 heteroatoms. The Labute approximate surface area is 200 Å². The van der Waals surface area contributed by atoms with Crippen LogP contribution in [0.1, 0.15) is 47.7 Å². The van der Waals surface area contributed by atoms with E-state index in [1.807, 2.05) is 25.1 Å². The van der Waals surface area contributed by atoms with E-state index in [-0.39, 0.29) is 5.69 Å². The van der Waals surface area contributed by atoms with E-state index in [9.17, 15) is 4.79 Å². The number of hydrogen-bond acceptors (Lipinski definition) is 4. The van der Waals surface area contributed by atoms with Crippen molar-refractivity contribution in [2.24, 2.45) is 9.98 Å². The van der Waals surface area contributed by atoms with Crippen molar-refractivity contribution in [1.82, 2.24) is 14.5 Å². The Hall–Kier alpha value is -3.29. The molecule has 7 nitrogen and oxygen atoms in total. The molecule has 178 valence electrons. The van der Waals surface area contributed by atoms with Gasteiger partial charge >= 0.3 is 5.69 Å². The van der Waals surface area contributed by atoms with Crippen LogP contribution in [0.2, 0.25) is 0 Å². The smallest absolute Gasteiger partial charge is 0.327 e. The van der Waals surface area contributed by atoms with Crippen molar-refractivity contribution in [2.75, 3.05) is 26.3 Å². The number of ether oxygens (including phenoxy) is 1. The Bertz CT molecular complexity index is 1210. The highest BCUT2D eigenvalue weighted by Gasteiger charge is 2.16.